The van der Waals surface area contributed by atoms with Crippen LogP contribution in [0.25, 0.3) is 112 Å². The summed E-state index contributed by atoms with van der Waals surface area (Å²) in [6.07, 6.45) is 7.98. The third kappa shape index (κ3) is 6.68. The van der Waals surface area contributed by atoms with E-state index in [0.29, 0.717) is 94.7 Å². The molecule has 0 N–H and O–H groups in total. The average Bonchev–Trinajstić information content (AvgIpc) is 3.90. The highest BCUT2D eigenvalue weighted by atomic mass is 19.4. The van der Waals surface area contributed by atoms with Crippen molar-refractivity contribution < 1.29 is 13.2 Å². The lowest BCUT2D eigenvalue weighted by Gasteiger charge is -2.24. The van der Waals surface area contributed by atoms with Gasteiger partial charge in [-0.1, -0.05) is 66.7 Å². The van der Waals surface area contributed by atoms with Crippen LogP contribution in [-0.4, -0.2) is 49.0 Å². The van der Waals surface area contributed by atoms with E-state index in [9.17, 15) is 5.26 Å². The molecule has 0 bridgehead atoms. The van der Waals surface area contributed by atoms with Crippen molar-refractivity contribution in [2.75, 3.05) is 0 Å². The molecule has 0 fully saturated rings. The normalized spacial score (nSPS) is 11.7. The maximum atomic E-state index is 17.2. The van der Waals surface area contributed by atoms with Crippen LogP contribution in [0, 0.1) is 11.3 Å². The zero-order valence-corrected chi connectivity index (χ0v) is 35.4. The summed E-state index contributed by atoms with van der Waals surface area (Å²) in [7, 11) is 0. The fourth-order valence-electron chi connectivity index (χ4n) is 9.15. The lowest BCUT2D eigenvalue weighted by atomic mass is 9.96. The molecule has 6 aromatic carbocycles. The molecule has 0 aliphatic carbocycles. The third-order valence-electron chi connectivity index (χ3n) is 12.0. The molecule has 0 aliphatic heterocycles. The second-order valence-electron chi connectivity index (χ2n) is 15.9. The van der Waals surface area contributed by atoms with Crippen LogP contribution in [0.4, 0.5) is 13.2 Å². The number of aromatic nitrogens is 10. The minimum Gasteiger partial charge on any atom is -0.309 e. The molecule has 68 heavy (non-hydrogen) atoms. The van der Waals surface area contributed by atoms with Crippen molar-refractivity contribution in [1.82, 2.24) is 49.0 Å². The van der Waals surface area contributed by atoms with Crippen LogP contribution in [0.3, 0.4) is 0 Å². The number of hydrogen-bond donors (Lipinski definition) is 0. The standard InChI is InChI=1S/C54H30F3N11/c55-54(56,57)48-43(67-44-27-34(50-59-18-2-19-60-50)8-12-39(44)40-13-9-35(28-45(40)67)51-61-20-3-21-62-51)17-16-38(33-7-1-6-32(26-33)31-58)49(48)68-46-29-36(52-63-22-4-23-64-52)10-14-41(46)42-15-11-37(30-47(42)68)53-65-24-5-25-66-53/h1-30H. The summed E-state index contributed by atoms with van der Waals surface area (Å²) >= 11 is 0. The Morgan fingerprint density at radius 1 is 0.397 bits per heavy atom. The van der Waals surface area contributed by atoms with E-state index in [1.807, 2.05) is 72.8 Å². The Balaban J connectivity index is 1.27. The van der Waals surface area contributed by atoms with E-state index in [0.717, 1.165) is 0 Å². The van der Waals surface area contributed by atoms with Gasteiger partial charge in [-0.25, -0.2) is 39.9 Å². The Labute approximate surface area is 384 Å². The SMILES string of the molecule is N#Cc1cccc(-c2ccc(-n3c4cc(-c5ncccn5)ccc4c4ccc(-c5ncccn5)cc43)c(C(F)(F)F)c2-n2c3cc(-c4ncccn4)ccc3c3ccc(-c4ncccn4)cc32)c1. The van der Waals surface area contributed by atoms with E-state index in [1.165, 1.54) is 6.07 Å². The summed E-state index contributed by atoms with van der Waals surface area (Å²) in [5.74, 6) is 1.63. The van der Waals surface area contributed by atoms with E-state index >= 15 is 13.2 Å². The average molecular weight is 890 g/mol. The molecule has 12 aromatic rings. The molecule has 14 heteroatoms. The molecule has 0 unspecified atom stereocenters. The van der Waals surface area contributed by atoms with Crippen LogP contribution in [0.1, 0.15) is 11.1 Å². The largest absolute Gasteiger partial charge is 0.420 e. The summed E-state index contributed by atoms with van der Waals surface area (Å²) in [6, 6.07) is 41.2. The Morgan fingerprint density at radius 3 is 1.15 bits per heavy atom. The van der Waals surface area contributed by atoms with Gasteiger partial charge in [-0.2, -0.15) is 18.4 Å². The molecule has 6 heterocycles. The number of halogens is 3. The lowest BCUT2D eigenvalue weighted by molar-refractivity contribution is -0.137. The van der Waals surface area contributed by atoms with Crippen LogP contribution in [-0.2, 0) is 6.18 Å². The quantitative estimate of drug-likeness (QED) is 0.153. The first-order valence-electron chi connectivity index (χ1n) is 21.3. The second-order valence-corrected chi connectivity index (χ2v) is 15.9. The number of benzene rings is 6. The highest BCUT2D eigenvalue weighted by Crippen LogP contribution is 2.49. The van der Waals surface area contributed by atoms with E-state index in [-0.39, 0.29) is 22.5 Å². The molecule has 0 aliphatic rings. The van der Waals surface area contributed by atoms with Crippen molar-refractivity contribution in [3.63, 3.8) is 0 Å². The smallest absolute Gasteiger partial charge is 0.309 e. The van der Waals surface area contributed by atoms with Crippen LogP contribution in [0.2, 0.25) is 0 Å². The van der Waals surface area contributed by atoms with Crippen molar-refractivity contribution in [1.29, 1.82) is 5.26 Å². The molecule has 0 atom stereocenters. The number of nitriles is 1. The number of hydrogen-bond acceptors (Lipinski definition) is 9. The van der Waals surface area contributed by atoms with Gasteiger partial charge >= 0.3 is 6.18 Å². The topological polar surface area (TPSA) is 137 Å². The molecule has 0 spiro atoms. The van der Waals surface area contributed by atoms with Crippen LogP contribution >= 0.6 is 0 Å². The van der Waals surface area contributed by atoms with E-state index in [4.69, 9.17) is 0 Å². The number of alkyl halides is 3. The van der Waals surface area contributed by atoms with Crippen LogP contribution in [0.5, 0.6) is 0 Å². The minimum absolute atomic E-state index is 0.148. The summed E-state index contributed by atoms with van der Waals surface area (Å²) in [5.41, 5.74) is 4.01. The Bertz CT molecular complexity index is 3770. The van der Waals surface area contributed by atoms with E-state index in [1.54, 1.807) is 113 Å². The summed E-state index contributed by atoms with van der Waals surface area (Å²) < 4.78 is 54.8. The summed E-state index contributed by atoms with van der Waals surface area (Å²) in [4.78, 5) is 35.9. The van der Waals surface area contributed by atoms with Crippen molar-refractivity contribution in [2.24, 2.45) is 0 Å². The first-order valence-corrected chi connectivity index (χ1v) is 21.3. The van der Waals surface area contributed by atoms with E-state index in [2.05, 4.69) is 45.9 Å². The van der Waals surface area contributed by atoms with Gasteiger partial charge in [-0.05, 0) is 72.3 Å². The molecule has 12 rings (SSSR count). The molecular weight excluding hydrogens is 860 g/mol. The zero-order chi connectivity index (χ0) is 45.9. The lowest BCUT2D eigenvalue weighted by Crippen LogP contribution is -2.17. The zero-order valence-electron chi connectivity index (χ0n) is 35.4. The van der Waals surface area contributed by atoms with Gasteiger partial charge < -0.3 is 9.13 Å². The predicted octanol–water partition coefficient (Wildman–Crippen LogP) is 12.3. The van der Waals surface area contributed by atoms with Gasteiger partial charge in [0.05, 0.1) is 45.1 Å². The Hall–Kier alpha value is -9.48. The molecule has 322 valence electrons. The van der Waals surface area contributed by atoms with Gasteiger partial charge in [0.15, 0.2) is 23.3 Å². The highest BCUT2D eigenvalue weighted by molar-refractivity contribution is 6.13. The van der Waals surface area contributed by atoms with Crippen LogP contribution < -0.4 is 0 Å². The molecule has 0 saturated heterocycles. The van der Waals surface area contributed by atoms with Gasteiger partial charge in [-0.15, -0.1) is 0 Å². The maximum absolute atomic E-state index is 17.2. The Kier molecular flexibility index (Phi) is 9.36. The van der Waals surface area contributed by atoms with Gasteiger partial charge in [0.2, 0.25) is 0 Å². The number of fused-ring (bicyclic) bond motifs is 6. The van der Waals surface area contributed by atoms with Crippen molar-refractivity contribution >= 4 is 43.6 Å². The first-order chi connectivity index (χ1) is 33.3. The molecule has 0 amide bonds. The molecule has 11 nitrogen and oxygen atoms in total. The fraction of sp³-hybridized carbons (Fsp3) is 0.0185. The van der Waals surface area contributed by atoms with Crippen LogP contribution in [0.15, 0.2) is 183 Å². The van der Waals surface area contributed by atoms with Crippen molar-refractivity contribution in [3.8, 4) is 74.1 Å². The third-order valence-corrected chi connectivity index (χ3v) is 12.0. The number of rotatable bonds is 7. The second kappa shape index (κ2) is 15.9. The Morgan fingerprint density at radius 2 is 0.779 bits per heavy atom. The molecular formula is C54H30F3N11. The van der Waals surface area contributed by atoms with Gasteiger partial charge in [0.25, 0.3) is 0 Å². The van der Waals surface area contributed by atoms with Gasteiger partial charge in [-0.3, -0.25) is 0 Å². The maximum Gasteiger partial charge on any atom is 0.420 e. The first kappa shape index (κ1) is 40.1. The summed E-state index contributed by atoms with van der Waals surface area (Å²) in [6.45, 7) is 0. The van der Waals surface area contributed by atoms with Gasteiger partial charge in [0, 0.05) is 98.9 Å². The summed E-state index contributed by atoms with van der Waals surface area (Å²) in [5, 5.41) is 12.9. The highest BCUT2D eigenvalue weighted by Gasteiger charge is 2.40. The molecule has 0 radical (unpaired) electrons. The number of nitrogens with zero attached hydrogens (tertiary/aromatic N) is 11. The monoisotopic (exact) mass is 889 g/mol. The van der Waals surface area contributed by atoms with E-state index < -0.39 is 11.7 Å². The minimum atomic E-state index is -5.00. The van der Waals surface area contributed by atoms with Gasteiger partial charge in [0.1, 0.15) is 5.56 Å². The van der Waals surface area contributed by atoms with Crippen molar-refractivity contribution in [2.45, 2.75) is 6.18 Å². The molecule has 0 saturated carbocycles. The molecule has 6 aromatic heterocycles. The fourth-order valence-corrected chi connectivity index (χ4v) is 9.15. The van der Waals surface area contributed by atoms with Crippen molar-refractivity contribution in [3.05, 3.63) is 194 Å². The predicted molar refractivity (Wildman–Crippen MR) is 254 cm³/mol.